The molecule has 1 aromatic carbocycles. The van der Waals surface area contributed by atoms with E-state index in [4.69, 9.17) is 9.47 Å². The molecule has 0 aliphatic rings. The highest BCUT2D eigenvalue weighted by Gasteiger charge is 2.95. The van der Waals surface area contributed by atoms with E-state index in [2.05, 4.69) is 0 Å². The molecule has 1 aromatic rings. The molecular formula is C21H19F17O2. The predicted molar refractivity (Wildman–Crippen MR) is 102 cm³/mol. The highest BCUT2D eigenvalue weighted by molar-refractivity contribution is 5.31. The monoisotopic (exact) mass is 626 g/mol. The summed E-state index contributed by atoms with van der Waals surface area (Å²) in [5, 5.41) is 0. The van der Waals surface area contributed by atoms with Crippen LogP contribution in [-0.2, 0) is 0 Å². The molecule has 234 valence electrons. The first-order valence-corrected chi connectivity index (χ1v) is 10.5. The van der Waals surface area contributed by atoms with Crippen molar-refractivity contribution in [2.24, 2.45) is 0 Å². The smallest absolute Gasteiger partial charge is 0.460 e. The van der Waals surface area contributed by atoms with Gasteiger partial charge in [-0.3, -0.25) is 0 Å². The lowest BCUT2D eigenvalue weighted by atomic mass is 9.88. The molecule has 0 aliphatic carbocycles. The van der Waals surface area contributed by atoms with Gasteiger partial charge in [-0.25, -0.2) is 0 Å². The van der Waals surface area contributed by atoms with Crippen LogP contribution in [0.3, 0.4) is 0 Å². The first-order chi connectivity index (χ1) is 17.4. The molecule has 1 rings (SSSR count). The largest absolute Gasteiger partial charge is 0.494 e. The van der Waals surface area contributed by atoms with Gasteiger partial charge < -0.3 is 9.47 Å². The van der Waals surface area contributed by atoms with Gasteiger partial charge in [0.05, 0.1) is 6.61 Å². The van der Waals surface area contributed by atoms with Gasteiger partial charge in [0.25, 0.3) is 0 Å². The Bertz CT molecular complexity index is 992. The molecule has 0 saturated heterocycles. The summed E-state index contributed by atoms with van der Waals surface area (Å²) < 4.78 is 236. The second-order valence-electron chi connectivity index (χ2n) is 9.29. The number of ether oxygens (including phenoxy) is 2. The highest BCUT2D eigenvalue weighted by atomic mass is 19.4. The van der Waals surface area contributed by atoms with E-state index < -0.39 is 72.7 Å². The van der Waals surface area contributed by atoms with Crippen LogP contribution in [0.2, 0.25) is 0 Å². The van der Waals surface area contributed by atoms with Crippen LogP contribution in [0.4, 0.5) is 74.6 Å². The summed E-state index contributed by atoms with van der Waals surface area (Å²) in [4.78, 5) is 0. The van der Waals surface area contributed by atoms with Crippen molar-refractivity contribution in [3.63, 3.8) is 0 Å². The summed E-state index contributed by atoms with van der Waals surface area (Å²) in [6, 6.07) is 4.93. The Hall–Kier alpha value is -2.37. The van der Waals surface area contributed by atoms with Crippen molar-refractivity contribution in [2.45, 2.75) is 86.8 Å². The summed E-state index contributed by atoms with van der Waals surface area (Å²) in [5.74, 6) is -56.1. The Morgan fingerprint density at radius 1 is 0.500 bits per heavy atom. The minimum absolute atomic E-state index is 0.138. The Kier molecular flexibility index (Phi) is 9.34. The topological polar surface area (TPSA) is 18.5 Å². The lowest BCUT2D eigenvalue weighted by Crippen LogP contribution is -2.74. The van der Waals surface area contributed by atoms with Crippen LogP contribution in [0, 0.1) is 0 Å². The average Bonchev–Trinajstić information content (AvgIpc) is 2.75. The molecule has 0 aromatic heterocycles. The zero-order chi connectivity index (χ0) is 32.0. The molecule has 0 amide bonds. The molecular weight excluding hydrogens is 607 g/mol. The van der Waals surface area contributed by atoms with Crippen LogP contribution in [0.1, 0.15) is 33.6 Å². The molecule has 0 fully saturated rings. The molecule has 0 radical (unpaired) electrons. The fraction of sp³-hybridized carbons (Fsp3) is 0.714. The van der Waals surface area contributed by atoms with E-state index in [1.807, 2.05) is 0 Å². The first-order valence-electron chi connectivity index (χ1n) is 10.5. The Morgan fingerprint density at radius 3 is 1.23 bits per heavy atom. The van der Waals surface area contributed by atoms with Gasteiger partial charge in [0.15, 0.2) is 0 Å². The SMILES string of the molecule is CC(C)(C)Oc1ccc(OCCCC(F)(F)C(F)(F)C(F)(F)C(F)(F)C(F)(F)C(F)(F)C(F)(F)C(F)(F)F)cc1. The Morgan fingerprint density at radius 2 is 0.850 bits per heavy atom. The summed E-state index contributed by atoms with van der Waals surface area (Å²) in [6.45, 7) is 4.02. The maximum atomic E-state index is 13.9. The molecule has 0 unspecified atom stereocenters. The van der Waals surface area contributed by atoms with Crippen molar-refractivity contribution < 1.29 is 84.1 Å². The van der Waals surface area contributed by atoms with E-state index in [0.29, 0.717) is 0 Å². The number of hydrogen-bond acceptors (Lipinski definition) is 2. The van der Waals surface area contributed by atoms with Crippen molar-refractivity contribution >= 4 is 0 Å². The van der Waals surface area contributed by atoms with E-state index in [1.54, 1.807) is 20.8 Å². The van der Waals surface area contributed by atoms with Crippen LogP contribution in [0.15, 0.2) is 24.3 Å². The summed E-state index contributed by atoms with van der Waals surface area (Å²) in [6.07, 6.45) is -11.7. The zero-order valence-corrected chi connectivity index (χ0v) is 20.2. The maximum Gasteiger partial charge on any atom is 0.460 e. The number of alkyl halides is 17. The van der Waals surface area contributed by atoms with Crippen molar-refractivity contribution in [2.75, 3.05) is 6.61 Å². The van der Waals surface area contributed by atoms with E-state index in [9.17, 15) is 74.6 Å². The van der Waals surface area contributed by atoms with Crippen LogP contribution in [0.5, 0.6) is 11.5 Å². The number of halogens is 17. The second kappa shape index (κ2) is 10.5. The zero-order valence-electron chi connectivity index (χ0n) is 20.2. The van der Waals surface area contributed by atoms with Crippen molar-refractivity contribution in [1.29, 1.82) is 0 Å². The molecule has 0 spiro atoms. The fourth-order valence-corrected chi connectivity index (χ4v) is 2.80. The molecule has 0 heterocycles. The van der Waals surface area contributed by atoms with Crippen molar-refractivity contribution in [3.8, 4) is 11.5 Å². The molecule has 19 heteroatoms. The van der Waals surface area contributed by atoms with Gasteiger partial charge in [-0.2, -0.15) is 74.6 Å². The van der Waals surface area contributed by atoms with E-state index >= 15 is 0 Å². The molecule has 0 saturated carbocycles. The molecule has 0 atom stereocenters. The summed E-state index contributed by atoms with van der Waals surface area (Å²) >= 11 is 0. The van der Waals surface area contributed by atoms with Crippen molar-refractivity contribution in [3.05, 3.63) is 24.3 Å². The van der Waals surface area contributed by atoms with Crippen LogP contribution >= 0.6 is 0 Å². The summed E-state index contributed by atoms with van der Waals surface area (Å²) in [5.41, 5.74) is -0.642. The fourth-order valence-electron chi connectivity index (χ4n) is 2.80. The normalized spacial score (nSPS) is 15.3. The predicted octanol–water partition coefficient (Wildman–Crippen LogP) is 9.03. The van der Waals surface area contributed by atoms with Gasteiger partial charge in [-0.1, -0.05) is 0 Å². The van der Waals surface area contributed by atoms with E-state index in [1.165, 1.54) is 24.3 Å². The van der Waals surface area contributed by atoms with Crippen LogP contribution in [-0.4, -0.2) is 59.8 Å². The number of benzene rings is 1. The molecule has 0 N–H and O–H groups in total. The lowest BCUT2D eigenvalue weighted by Gasteiger charge is -2.42. The third-order valence-corrected chi connectivity index (χ3v) is 4.94. The van der Waals surface area contributed by atoms with Gasteiger partial charge in [-0.15, -0.1) is 0 Å². The molecule has 40 heavy (non-hydrogen) atoms. The quantitative estimate of drug-likeness (QED) is 0.170. The highest BCUT2D eigenvalue weighted by Crippen LogP contribution is 2.64. The van der Waals surface area contributed by atoms with Gasteiger partial charge in [0.2, 0.25) is 0 Å². The van der Waals surface area contributed by atoms with Gasteiger partial charge in [0.1, 0.15) is 17.1 Å². The second-order valence-corrected chi connectivity index (χ2v) is 9.29. The maximum absolute atomic E-state index is 13.9. The van der Waals surface area contributed by atoms with Crippen LogP contribution < -0.4 is 9.47 Å². The van der Waals surface area contributed by atoms with Gasteiger partial charge in [-0.05, 0) is 51.5 Å². The van der Waals surface area contributed by atoms with Crippen LogP contribution in [0.25, 0.3) is 0 Å². The van der Waals surface area contributed by atoms with Gasteiger partial charge >= 0.3 is 47.6 Å². The standard InChI is InChI=1S/C21H19F17O2/c1-13(2,3)40-12-7-5-11(6-8-12)39-10-4-9-14(22,23)15(24,25)16(26,27)17(28,29)18(30,31)19(32,33)20(34,35)21(36,37)38/h5-8H,4,9-10H2,1-3H3. The molecule has 0 bridgehead atoms. The minimum atomic E-state index is -8.63. The van der Waals surface area contributed by atoms with E-state index in [-0.39, 0.29) is 11.5 Å². The van der Waals surface area contributed by atoms with Gasteiger partial charge in [0, 0.05) is 6.42 Å². The Balaban J connectivity index is 3.12. The Labute approximate surface area is 214 Å². The molecule has 0 aliphatic heterocycles. The lowest BCUT2D eigenvalue weighted by molar-refractivity contribution is -0.461. The first kappa shape index (κ1) is 35.7. The van der Waals surface area contributed by atoms with E-state index in [0.717, 1.165) is 0 Å². The average molecular weight is 626 g/mol. The third-order valence-electron chi connectivity index (χ3n) is 4.94. The number of hydrogen-bond donors (Lipinski definition) is 0. The van der Waals surface area contributed by atoms with Crippen molar-refractivity contribution in [1.82, 2.24) is 0 Å². The molecule has 2 nitrogen and oxygen atoms in total. The minimum Gasteiger partial charge on any atom is -0.494 e. The third kappa shape index (κ3) is 6.11. The number of rotatable bonds is 12. The summed E-state index contributed by atoms with van der Waals surface area (Å²) in [7, 11) is 0.